The second-order valence-corrected chi connectivity index (χ2v) is 5.61. The lowest BCUT2D eigenvalue weighted by atomic mass is 9.96. The molecule has 1 aliphatic heterocycles. The zero-order valence-electron chi connectivity index (χ0n) is 13.2. The van der Waals surface area contributed by atoms with Gasteiger partial charge in [0.05, 0.1) is 19.6 Å². The molecule has 0 spiro atoms. The van der Waals surface area contributed by atoms with Gasteiger partial charge in [0.15, 0.2) is 0 Å². The molecule has 1 fully saturated rings. The van der Waals surface area contributed by atoms with Crippen LogP contribution in [0.4, 0.5) is 0 Å². The van der Waals surface area contributed by atoms with Crippen LogP contribution in [0.3, 0.4) is 0 Å². The van der Waals surface area contributed by atoms with E-state index in [1.165, 1.54) is 5.56 Å². The van der Waals surface area contributed by atoms with E-state index in [2.05, 4.69) is 24.0 Å². The molecular weight excluding hydrogens is 266 g/mol. The Hall–Kier alpha value is -1.55. The first kappa shape index (κ1) is 15.8. The molecule has 0 unspecified atom stereocenters. The number of ether oxygens (including phenoxy) is 2. The zero-order chi connectivity index (χ0) is 15.2. The van der Waals surface area contributed by atoms with Gasteiger partial charge in [0.2, 0.25) is 0 Å². The molecule has 2 rings (SSSR count). The molecule has 21 heavy (non-hydrogen) atoms. The number of nitrogens with zero attached hydrogens (tertiary/aromatic N) is 1. The third-order valence-electron chi connectivity index (χ3n) is 4.07. The van der Waals surface area contributed by atoms with Crippen molar-refractivity contribution in [2.75, 3.05) is 26.8 Å². The Bertz CT molecular complexity index is 479. The first-order chi connectivity index (χ1) is 10.1. The van der Waals surface area contributed by atoms with Crippen LogP contribution in [0, 0.1) is 12.8 Å². The molecule has 0 saturated carbocycles. The summed E-state index contributed by atoms with van der Waals surface area (Å²) in [6.45, 7) is 7.24. The first-order valence-electron chi connectivity index (χ1n) is 7.66. The molecule has 1 aromatic rings. The van der Waals surface area contributed by atoms with Gasteiger partial charge in [0, 0.05) is 6.54 Å². The van der Waals surface area contributed by atoms with Crippen LogP contribution in [0.15, 0.2) is 18.2 Å². The van der Waals surface area contributed by atoms with Gasteiger partial charge in [-0.15, -0.1) is 0 Å². The highest BCUT2D eigenvalue weighted by Gasteiger charge is 2.25. The van der Waals surface area contributed by atoms with Crippen molar-refractivity contribution < 1.29 is 14.3 Å². The molecule has 0 aliphatic carbocycles. The highest BCUT2D eigenvalue weighted by molar-refractivity contribution is 5.72. The fourth-order valence-corrected chi connectivity index (χ4v) is 2.88. The Morgan fingerprint density at radius 3 is 2.62 bits per heavy atom. The van der Waals surface area contributed by atoms with Crippen LogP contribution < -0.4 is 4.74 Å². The summed E-state index contributed by atoms with van der Waals surface area (Å²) in [6, 6.07) is 6.32. The Morgan fingerprint density at radius 1 is 1.33 bits per heavy atom. The van der Waals surface area contributed by atoms with E-state index in [0.717, 1.165) is 43.8 Å². The Morgan fingerprint density at radius 2 is 2.05 bits per heavy atom. The molecule has 4 nitrogen and oxygen atoms in total. The second-order valence-electron chi connectivity index (χ2n) is 5.61. The van der Waals surface area contributed by atoms with Gasteiger partial charge in [-0.2, -0.15) is 0 Å². The van der Waals surface area contributed by atoms with Crippen LogP contribution in [-0.4, -0.2) is 37.7 Å². The number of aryl methyl sites for hydroxylation is 1. The van der Waals surface area contributed by atoms with Gasteiger partial charge in [0.1, 0.15) is 5.75 Å². The molecule has 1 aromatic carbocycles. The highest BCUT2D eigenvalue weighted by Crippen LogP contribution is 2.23. The standard InChI is InChI=1S/C17H25NO3/c1-4-21-17(19)15-7-9-18(10-8-15)12-14-5-6-16(20-3)13(2)11-14/h5-6,11,15H,4,7-10,12H2,1-3H3. The van der Waals surface area contributed by atoms with E-state index < -0.39 is 0 Å². The summed E-state index contributed by atoms with van der Waals surface area (Å²) in [5.41, 5.74) is 2.46. The zero-order valence-corrected chi connectivity index (χ0v) is 13.2. The van der Waals surface area contributed by atoms with E-state index in [1.54, 1.807) is 7.11 Å². The lowest BCUT2D eigenvalue weighted by Crippen LogP contribution is -2.36. The maximum Gasteiger partial charge on any atom is 0.309 e. The van der Waals surface area contributed by atoms with Crippen LogP contribution in [-0.2, 0) is 16.1 Å². The predicted octanol–water partition coefficient (Wildman–Crippen LogP) is 2.78. The van der Waals surface area contributed by atoms with Crippen LogP contribution in [0.1, 0.15) is 30.9 Å². The number of hydrogen-bond acceptors (Lipinski definition) is 4. The van der Waals surface area contributed by atoms with Gasteiger partial charge in [-0.3, -0.25) is 9.69 Å². The molecular formula is C17H25NO3. The number of methoxy groups -OCH3 is 1. The van der Waals surface area contributed by atoms with Gasteiger partial charge in [-0.05, 0) is 57.0 Å². The van der Waals surface area contributed by atoms with Crippen LogP contribution in [0.2, 0.25) is 0 Å². The van der Waals surface area contributed by atoms with Crippen molar-refractivity contribution in [1.29, 1.82) is 0 Å². The van der Waals surface area contributed by atoms with Gasteiger partial charge in [0.25, 0.3) is 0 Å². The van der Waals surface area contributed by atoms with E-state index >= 15 is 0 Å². The third-order valence-corrected chi connectivity index (χ3v) is 4.07. The molecule has 1 heterocycles. The summed E-state index contributed by atoms with van der Waals surface area (Å²) in [5.74, 6) is 0.982. The van der Waals surface area contributed by atoms with Crippen molar-refractivity contribution in [3.8, 4) is 5.75 Å². The SMILES string of the molecule is CCOC(=O)C1CCN(Cc2ccc(OC)c(C)c2)CC1. The lowest BCUT2D eigenvalue weighted by Gasteiger charge is -2.30. The first-order valence-corrected chi connectivity index (χ1v) is 7.66. The molecule has 116 valence electrons. The minimum Gasteiger partial charge on any atom is -0.496 e. The predicted molar refractivity (Wildman–Crippen MR) is 82.4 cm³/mol. The van der Waals surface area contributed by atoms with Gasteiger partial charge in [-0.1, -0.05) is 12.1 Å². The summed E-state index contributed by atoms with van der Waals surface area (Å²) in [6.07, 6.45) is 1.79. The number of carbonyl (C=O) groups is 1. The number of hydrogen-bond donors (Lipinski definition) is 0. The van der Waals surface area contributed by atoms with E-state index in [4.69, 9.17) is 9.47 Å². The van der Waals surface area contributed by atoms with E-state index in [9.17, 15) is 4.79 Å². The quantitative estimate of drug-likeness (QED) is 0.782. The smallest absolute Gasteiger partial charge is 0.309 e. The van der Waals surface area contributed by atoms with E-state index in [0.29, 0.717) is 6.61 Å². The van der Waals surface area contributed by atoms with Crippen LogP contribution in [0.5, 0.6) is 5.75 Å². The number of esters is 1. The number of rotatable bonds is 5. The number of carbonyl (C=O) groups excluding carboxylic acids is 1. The average Bonchev–Trinajstić information content (AvgIpc) is 2.48. The molecule has 0 atom stereocenters. The van der Waals surface area contributed by atoms with Gasteiger partial charge in [-0.25, -0.2) is 0 Å². The van der Waals surface area contributed by atoms with Crippen molar-refractivity contribution in [1.82, 2.24) is 4.90 Å². The molecule has 0 radical (unpaired) electrons. The molecule has 4 heteroatoms. The minimum absolute atomic E-state index is 0.0301. The van der Waals surface area contributed by atoms with Crippen LogP contribution >= 0.6 is 0 Å². The molecule has 1 aliphatic rings. The third kappa shape index (κ3) is 4.21. The summed E-state index contributed by atoms with van der Waals surface area (Å²) in [7, 11) is 1.70. The number of piperidine rings is 1. The lowest BCUT2D eigenvalue weighted by molar-refractivity contribution is -0.149. The Balaban J connectivity index is 1.86. The summed E-state index contributed by atoms with van der Waals surface area (Å²) in [5, 5.41) is 0. The Kier molecular flexibility index (Phi) is 5.62. The summed E-state index contributed by atoms with van der Waals surface area (Å²) in [4.78, 5) is 14.1. The van der Waals surface area contributed by atoms with Crippen molar-refractivity contribution in [2.45, 2.75) is 33.2 Å². The normalized spacial score (nSPS) is 16.7. The average molecular weight is 291 g/mol. The summed E-state index contributed by atoms with van der Waals surface area (Å²) >= 11 is 0. The molecule has 1 saturated heterocycles. The van der Waals surface area contributed by atoms with E-state index in [-0.39, 0.29) is 11.9 Å². The van der Waals surface area contributed by atoms with E-state index in [1.807, 2.05) is 13.0 Å². The van der Waals surface area contributed by atoms with Crippen molar-refractivity contribution >= 4 is 5.97 Å². The topological polar surface area (TPSA) is 38.8 Å². The Labute approximate surface area is 127 Å². The molecule has 0 N–H and O–H groups in total. The van der Waals surface area contributed by atoms with Gasteiger partial charge < -0.3 is 9.47 Å². The summed E-state index contributed by atoms with van der Waals surface area (Å²) < 4.78 is 10.4. The fourth-order valence-electron chi connectivity index (χ4n) is 2.88. The molecule has 0 aromatic heterocycles. The maximum atomic E-state index is 11.7. The van der Waals surface area contributed by atoms with Crippen molar-refractivity contribution in [3.63, 3.8) is 0 Å². The molecule has 0 bridgehead atoms. The second kappa shape index (κ2) is 7.46. The number of likely N-dealkylation sites (tertiary alicyclic amines) is 1. The monoisotopic (exact) mass is 291 g/mol. The minimum atomic E-state index is -0.0301. The largest absolute Gasteiger partial charge is 0.496 e. The van der Waals surface area contributed by atoms with Crippen molar-refractivity contribution in [3.05, 3.63) is 29.3 Å². The maximum absolute atomic E-state index is 11.7. The molecule has 0 amide bonds. The van der Waals surface area contributed by atoms with Crippen LogP contribution in [0.25, 0.3) is 0 Å². The fraction of sp³-hybridized carbons (Fsp3) is 0.588. The highest BCUT2D eigenvalue weighted by atomic mass is 16.5. The number of benzene rings is 1. The van der Waals surface area contributed by atoms with Crippen molar-refractivity contribution in [2.24, 2.45) is 5.92 Å². The van der Waals surface area contributed by atoms with Gasteiger partial charge >= 0.3 is 5.97 Å².